The molecule has 0 aliphatic heterocycles. The second-order valence-corrected chi connectivity index (χ2v) is 19.6. The molecule has 1 fully saturated rings. The van der Waals surface area contributed by atoms with Crippen molar-refractivity contribution in [3.63, 3.8) is 0 Å². The molecule has 1 amide bonds. The van der Waals surface area contributed by atoms with Crippen molar-refractivity contribution in [1.82, 2.24) is 39.4 Å². The number of pyridine rings is 1. The summed E-state index contributed by atoms with van der Waals surface area (Å²) in [5.74, 6) is -9.12. The molecule has 2 aliphatic rings. The number of aromatic nitrogens is 7. The number of nitrogens with one attached hydrogen (secondary N) is 2. The maximum absolute atomic E-state index is 15.6. The fraction of sp³-hybridized carbons (Fsp3) is 0.333. The average Bonchev–Trinajstić information content (AvgIpc) is 3.79. The summed E-state index contributed by atoms with van der Waals surface area (Å²) in [5.41, 5.74) is -2.16. The van der Waals surface area contributed by atoms with Crippen LogP contribution in [0.3, 0.4) is 0 Å². The van der Waals surface area contributed by atoms with Gasteiger partial charge in [-0.25, -0.2) is 31.0 Å². The molecule has 3 atom stereocenters. The first-order valence-electron chi connectivity index (χ1n) is 20.9. The molecule has 2 N–H and O–H groups in total. The van der Waals surface area contributed by atoms with Gasteiger partial charge in [0, 0.05) is 37.1 Å². The lowest BCUT2D eigenvalue weighted by molar-refractivity contribution is -0.123. The molecule has 0 unspecified atom stereocenters. The molecule has 350 valence electrons. The van der Waals surface area contributed by atoms with Gasteiger partial charge in [-0.3, -0.25) is 28.2 Å². The van der Waals surface area contributed by atoms with Crippen molar-refractivity contribution in [3.8, 4) is 11.6 Å². The smallest absolute Gasteiger partial charge is 0.293 e. The van der Waals surface area contributed by atoms with Gasteiger partial charge in [0.1, 0.15) is 35.4 Å². The number of anilines is 1. The molecular formula is C45H40ClF6N9O5S. The number of amides is 1. The van der Waals surface area contributed by atoms with Crippen molar-refractivity contribution in [1.29, 1.82) is 0 Å². The number of carbonyl (C=O) groups is 1. The molecule has 4 heterocycles. The van der Waals surface area contributed by atoms with Crippen LogP contribution in [0.2, 0.25) is 5.02 Å². The monoisotopic (exact) mass is 967 g/mol. The van der Waals surface area contributed by atoms with Crippen LogP contribution in [0.5, 0.6) is 5.88 Å². The number of fused-ring (bicyclic) bond motifs is 5. The highest BCUT2D eigenvalue weighted by Crippen LogP contribution is 2.68. The van der Waals surface area contributed by atoms with Crippen LogP contribution in [0.25, 0.3) is 27.6 Å². The molecule has 0 bridgehead atoms. The number of alkyl halides is 4. The standard InChI is InChI=1S/C45H40ClF6N9O5S/c1-44(2,23-8-6-5-7-9-23)14-15-66-33-13-10-26-40(54-33)55-42(61(43(26)63)31-12-11-29(46)35-37(31)59(3)57-41(35)58-67(4,64)65)30(18-22-16-24(47)19-25(48)17-22)53-32(62)21-60-38-34(36(56-60)39(49)50)27-20-28(27)45(38,51)52/h5-13,16-17,19,27-28,30,39H,14-15,18,20-21H2,1-4H3,(H,53,62)(H,57,58)/t27-,28+,30-/m0/s1. The van der Waals surface area contributed by atoms with Gasteiger partial charge in [0.2, 0.25) is 21.8 Å². The molecule has 14 nitrogen and oxygen atoms in total. The molecule has 2 aliphatic carbocycles. The molecule has 0 saturated heterocycles. The van der Waals surface area contributed by atoms with E-state index < -0.39 is 87.7 Å². The topological polar surface area (TPSA) is 168 Å². The minimum absolute atomic E-state index is 0.0103. The Hall–Kier alpha value is -6.48. The number of nitrogens with zero attached hydrogens (tertiary/aromatic N) is 7. The summed E-state index contributed by atoms with van der Waals surface area (Å²) in [7, 11) is -2.48. The van der Waals surface area contributed by atoms with Crippen molar-refractivity contribution < 1.29 is 44.3 Å². The van der Waals surface area contributed by atoms with E-state index in [9.17, 15) is 30.8 Å². The largest absolute Gasteiger partial charge is 0.478 e. The number of ether oxygens (including phenoxy) is 1. The van der Waals surface area contributed by atoms with Gasteiger partial charge in [0.05, 0.1) is 45.9 Å². The Kier molecular flexibility index (Phi) is 11.4. The van der Waals surface area contributed by atoms with Gasteiger partial charge in [-0.1, -0.05) is 55.8 Å². The summed E-state index contributed by atoms with van der Waals surface area (Å²) >= 11 is 6.65. The molecule has 0 radical (unpaired) electrons. The highest BCUT2D eigenvalue weighted by atomic mass is 35.5. The summed E-state index contributed by atoms with van der Waals surface area (Å²) in [6.45, 7) is 3.29. The first kappa shape index (κ1) is 45.7. The van der Waals surface area contributed by atoms with Gasteiger partial charge in [-0.05, 0) is 65.6 Å². The van der Waals surface area contributed by atoms with Crippen LogP contribution >= 0.6 is 11.6 Å². The van der Waals surface area contributed by atoms with Crippen LogP contribution in [-0.2, 0) is 46.2 Å². The summed E-state index contributed by atoms with van der Waals surface area (Å²) in [6.07, 6.45) is -2.27. The Morgan fingerprint density at radius 1 is 1.01 bits per heavy atom. The van der Waals surface area contributed by atoms with Crippen LogP contribution in [0.4, 0.5) is 32.2 Å². The molecule has 67 heavy (non-hydrogen) atoms. The summed E-state index contributed by atoms with van der Waals surface area (Å²) in [6, 6.07) is 16.4. The minimum Gasteiger partial charge on any atom is -0.478 e. The van der Waals surface area contributed by atoms with Crippen molar-refractivity contribution in [2.75, 3.05) is 17.6 Å². The van der Waals surface area contributed by atoms with Crippen LogP contribution in [0, 0.1) is 17.6 Å². The van der Waals surface area contributed by atoms with Gasteiger partial charge in [0.25, 0.3) is 17.9 Å². The highest BCUT2D eigenvalue weighted by molar-refractivity contribution is 7.92. The summed E-state index contributed by atoms with van der Waals surface area (Å²) < 4.78 is 125. The number of aryl methyl sites for hydroxylation is 1. The Labute approximate surface area is 383 Å². The van der Waals surface area contributed by atoms with E-state index in [-0.39, 0.29) is 79.7 Å². The van der Waals surface area contributed by atoms with Crippen LogP contribution in [-0.4, -0.2) is 61.3 Å². The maximum atomic E-state index is 15.6. The maximum Gasteiger partial charge on any atom is 0.293 e. The van der Waals surface area contributed by atoms with Crippen molar-refractivity contribution in [2.24, 2.45) is 13.0 Å². The fourth-order valence-corrected chi connectivity index (χ4v) is 9.70. The van der Waals surface area contributed by atoms with Crippen molar-refractivity contribution in [3.05, 3.63) is 134 Å². The molecule has 4 aromatic heterocycles. The third-order valence-corrected chi connectivity index (χ3v) is 13.1. The SMILES string of the molecule is Cn1nc(NS(C)(=O)=O)c2c(Cl)ccc(-n3c([C@H](Cc4cc(F)cc(F)c4)NC(=O)Cn4nc(C(F)F)c5c4C(F)(F)[C@@H]4C[C@H]54)nc4nc(OCCC(C)(C)c5ccccc5)ccc4c3=O)c21. The Morgan fingerprint density at radius 3 is 2.42 bits per heavy atom. The minimum atomic E-state index is -3.93. The van der Waals surface area contributed by atoms with E-state index in [1.807, 2.05) is 30.3 Å². The third kappa shape index (κ3) is 8.58. The van der Waals surface area contributed by atoms with E-state index >= 15 is 13.6 Å². The van der Waals surface area contributed by atoms with E-state index in [0.717, 1.165) is 28.5 Å². The lowest BCUT2D eigenvalue weighted by Gasteiger charge is -2.25. The Bertz CT molecular complexity index is 3290. The predicted octanol–water partition coefficient (Wildman–Crippen LogP) is 8.16. The Morgan fingerprint density at radius 2 is 1.73 bits per heavy atom. The first-order chi connectivity index (χ1) is 31.6. The summed E-state index contributed by atoms with van der Waals surface area (Å²) in [4.78, 5) is 38.6. The van der Waals surface area contributed by atoms with Crippen molar-refractivity contribution in [2.45, 2.75) is 69.4 Å². The van der Waals surface area contributed by atoms with Crippen LogP contribution < -0.4 is 20.3 Å². The quantitative estimate of drug-likeness (QED) is 0.0964. The molecular weight excluding hydrogens is 928 g/mol. The van der Waals surface area contributed by atoms with Gasteiger partial charge < -0.3 is 10.1 Å². The van der Waals surface area contributed by atoms with E-state index in [1.165, 1.54) is 36.0 Å². The van der Waals surface area contributed by atoms with Gasteiger partial charge in [-0.2, -0.15) is 24.0 Å². The van der Waals surface area contributed by atoms with Gasteiger partial charge in [-0.15, -0.1) is 0 Å². The van der Waals surface area contributed by atoms with Gasteiger partial charge >= 0.3 is 0 Å². The summed E-state index contributed by atoms with van der Waals surface area (Å²) in [5, 5.41) is 10.7. The van der Waals surface area contributed by atoms with Crippen LogP contribution in [0.1, 0.15) is 79.0 Å². The number of sulfonamides is 1. The molecule has 7 aromatic rings. The molecule has 3 aromatic carbocycles. The first-order valence-corrected chi connectivity index (χ1v) is 23.1. The van der Waals surface area contributed by atoms with E-state index in [4.69, 9.17) is 21.3 Å². The number of carbonyl (C=O) groups excluding carboxylic acids is 1. The van der Waals surface area contributed by atoms with Crippen LogP contribution in [0.15, 0.2) is 77.6 Å². The number of benzene rings is 3. The molecule has 1 saturated carbocycles. The lowest BCUT2D eigenvalue weighted by Crippen LogP contribution is -2.38. The second-order valence-electron chi connectivity index (χ2n) is 17.4. The lowest BCUT2D eigenvalue weighted by atomic mass is 9.82. The fourth-order valence-electron chi connectivity index (χ4n) is 8.97. The van der Waals surface area contributed by atoms with E-state index in [2.05, 4.69) is 39.1 Å². The zero-order chi connectivity index (χ0) is 47.9. The third-order valence-electron chi connectivity index (χ3n) is 12.2. The number of hydrogen-bond acceptors (Lipinski definition) is 9. The van der Waals surface area contributed by atoms with E-state index in [0.29, 0.717) is 17.2 Å². The number of halogens is 7. The number of rotatable bonds is 15. The number of hydrogen-bond donors (Lipinski definition) is 2. The zero-order valence-corrected chi connectivity index (χ0v) is 37.6. The second kappa shape index (κ2) is 16.7. The highest BCUT2D eigenvalue weighted by Gasteiger charge is 2.67. The zero-order valence-electron chi connectivity index (χ0n) is 36.0. The molecule has 22 heteroatoms. The van der Waals surface area contributed by atoms with Gasteiger partial charge in [0.15, 0.2) is 11.5 Å². The molecule has 0 spiro atoms. The Balaban J connectivity index is 1.19. The normalized spacial score (nSPS) is 16.9. The van der Waals surface area contributed by atoms with E-state index in [1.54, 1.807) is 0 Å². The average molecular weight is 968 g/mol. The predicted molar refractivity (Wildman–Crippen MR) is 235 cm³/mol. The molecule has 9 rings (SSSR count). The van der Waals surface area contributed by atoms with Crippen molar-refractivity contribution >= 4 is 55.3 Å².